The summed E-state index contributed by atoms with van der Waals surface area (Å²) in [5.41, 5.74) is 2.61. The van der Waals surface area contributed by atoms with Crippen molar-refractivity contribution >= 4 is 11.7 Å². The summed E-state index contributed by atoms with van der Waals surface area (Å²) >= 11 is 0. The molecule has 1 aromatic rings. The molecule has 4 nitrogen and oxygen atoms in total. The highest BCUT2D eigenvalue weighted by Gasteiger charge is 2.19. The highest BCUT2D eigenvalue weighted by atomic mass is 19.2. The lowest BCUT2D eigenvalue weighted by molar-refractivity contribution is -0.127. The molecule has 84 valence electrons. The van der Waals surface area contributed by atoms with Gasteiger partial charge in [0.2, 0.25) is 0 Å². The van der Waals surface area contributed by atoms with Crippen molar-refractivity contribution in [1.82, 2.24) is 5.54 Å². The maximum absolute atomic E-state index is 11.6. The third kappa shape index (κ3) is 2.03. The molecule has 0 heterocycles. The molecule has 1 amide bonds. The molecular weight excluding hydrogens is 213 g/mol. The van der Waals surface area contributed by atoms with Gasteiger partial charge in [-0.15, -0.1) is 4.48 Å². The van der Waals surface area contributed by atoms with Crippen molar-refractivity contribution in [2.75, 3.05) is 6.61 Å². The maximum atomic E-state index is 11.6. The first-order valence-electron chi connectivity index (χ1n) is 4.89. The van der Waals surface area contributed by atoms with Gasteiger partial charge in [0, 0.05) is 12.0 Å². The average Bonchev–Trinajstić information content (AvgIpc) is 2.67. The molecule has 0 fully saturated rings. The van der Waals surface area contributed by atoms with Crippen LogP contribution in [0.15, 0.2) is 18.2 Å². The Morgan fingerprint density at radius 2 is 2.25 bits per heavy atom. The Morgan fingerprint density at radius 3 is 3.00 bits per heavy atom. The largest absolute Gasteiger partial charge is 0.484 e. The van der Waals surface area contributed by atoms with Crippen molar-refractivity contribution in [3.8, 4) is 5.75 Å². The number of hydrogen-bond donors (Lipinski definition) is 1. The molecule has 1 aliphatic carbocycles. The summed E-state index contributed by atoms with van der Waals surface area (Å²) in [4.78, 5) is 21.9. The van der Waals surface area contributed by atoms with Gasteiger partial charge in [-0.05, 0) is 30.2 Å². The van der Waals surface area contributed by atoms with Crippen LogP contribution in [0.3, 0.4) is 0 Å². The number of ketones is 1. The van der Waals surface area contributed by atoms with Crippen LogP contribution in [-0.2, 0) is 11.2 Å². The number of amides is 1. The molecule has 0 bridgehead atoms. The molecule has 0 aromatic heterocycles. The standard InChI is InChI=1S/C11H10FNO3/c12-13-11(15)6-16-8-2-3-9-7(5-8)1-4-10(9)14/h2-3,5H,1,4,6H2,(H,13,15). The van der Waals surface area contributed by atoms with E-state index in [0.29, 0.717) is 24.2 Å². The lowest BCUT2D eigenvalue weighted by Gasteiger charge is -2.05. The van der Waals surface area contributed by atoms with Crippen molar-refractivity contribution in [3.05, 3.63) is 29.3 Å². The molecule has 0 unspecified atom stereocenters. The van der Waals surface area contributed by atoms with Gasteiger partial charge in [0.25, 0.3) is 5.91 Å². The summed E-state index contributed by atoms with van der Waals surface area (Å²) in [5.74, 6) is -0.239. The number of hydrogen-bond acceptors (Lipinski definition) is 3. The molecular formula is C11H10FNO3. The van der Waals surface area contributed by atoms with E-state index in [2.05, 4.69) is 0 Å². The number of carbonyl (C=O) groups is 2. The fourth-order valence-electron chi connectivity index (χ4n) is 1.70. The van der Waals surface area contributed by atoms with E-state index in [4.69, 9.17) is 4.74 Å². The summed E-state index contributed by atoms with van der Waals surface area (Å²) in [5, 5.41) is 0. The lowest BCUT2D eigenvalue weighted by atomic mass is 10.1. The smallest absolute Gasteiger partial charge is 0.285 e. The number of benzene rings is 1. The van der Waals surface area contributed by atoms with Crippen molar-refractivity contribution in [3.63, 3.8) is 0 Å². The molecule has 1 aliphatic rings. The first kappa shape index (κ1) is 10.6. The monoisotopic (exact) mass is 223 g/mol. The summed E-state index contributed by atoms with van der Waals surface area (Å²) in [6.45, 7) is -0.372. The Balaban J connectivity index is 2.08. The number of rotatable bonds is 3. The molecule has 0 radical (unpaired) electrons. The highest BCUT2D eigenvalue weighted by Crippen LogP contribution is 2.25. The van der Waals surface area contributed by atoms with E-state index >= 15 is 0 Å². The fraction of sp³-hybridized carbons (Fsp3) is 0.273. The zero-order valence-corrected chi connectivity index (χ0v) is 8.46. The summed E-state index contributed by atoms with van der Waals surface area (Å²) in [7, 11) is 0. The Morgan fingerprint density at radius 1 is 1.44 bits per heavy atom. The minimum atomic E-state index is -0.837. The van der Waals surface area contributed by atoms with Crippen LogP contribution >= 0.6 is 0 Å². The van der Waals surface area contributed by atoms with Crippen LogP contribution in [0, 0.1) is 0 Å². The third-order valence-corrected chi connectivity index (χ3v) is 2.47. The van der Waals surface area contributed by atoms with E-state index < -0.39 is 5.91 Å². The summed E-state index contributed by atoms with van der Waals surface area (Å²) in [6.07, 6.45) is 1.21. The average molecular weight is 223 g/mol. The Hall–Kier alpha value is -1.91. The van der Waals surface area contributed by atoms with Crippen LogP contribution < -0.4 is 10.3 Å². The van der Waals surface area contributed by atoms with Crippen LogP contribution in [0.4, 0.5) is 4.48 Å². The third-order valence-electron chi connectivity index (χ3n) is 2.47. The maximum Gasteiger partial charge on any atom is 0.285 e. The highest BCUT2D eigenvalue weighted by molar-refractivity contribution is 6.00. The zero-order valence-electron chi connectivity index (χ0n) is 8.46. The number of carbonyl (C=O) groups excluding carboxylic acids is 2. The molecule has 5 heteroatoms. The number of ether oxygens (including phenoxy) is 1. The molecule has 0 saturated carbocycles. The van der Waals surface area contributed by atoms with Gasteiger partial charge >= 0.3 is 0 Å². The number of fused-ring (bicyclic) bond motifs is 1. The second-order valence-corrected chi connectivity index (χ2v) is 3.55. The van der Waals surface area contributed by atoms with Crippen molar-refractivity contribution in [2.45, 2.75) is 12.8 Å². The van der Waals surface area contributed by atoms with E-state index in [1.807, 2.05) is 0 Å². The summed E-state index contributed by atoms with van der Waals surface area (Å²) < 4.78 is 16.7. The minimum absolute atomic E-state index is 0.128. The lowest BCUT2D eigenvalue weighted by Crippen LogP contribution is -2.21. The quantitative estimate of drug-likeness (QED) is 0.783. The predicted molar refractivity (Wildman–Crippen MR) is 53.8 cm³/mol. The second kappa shape index (κ2) is 4.30. The molecule has 0 spiro atoms. The molecule has 16 heavy (non-hydrogen) atoms. The van der Waals surface area contributed by atoms with Crippen LogP contribution in [0.1, 0.15) is 22.3 Å². The predicted octanol–water partition coefficient (Wildman–Crippen LogP) is 1.19. The molecule has 0 saturated heterocycles. The van der Waals surface area contributed by atoms with Crippen molar-refractivity contribution < 1.29 is 18.8 Å². The van der Waals surface area contributed by atoms with Gasteiger partial charge in [-0.1, -0.05) is 0 Å². The summed E-state index contributed by atoms with van der Waals surface area (Å²) in [6, 6.07) is 4.99. The van der Waals surface area contributed by atoms with Crippen molar-refractivity contribution in [1.29, 1.82) is 0 Å². The second-order valence-electron chi connectivity index (χ2n) is 3.55. The van der Waals surface area contributed by atoms with E-state index in [9.17, 15) is 14.1 Å². The van der Waals surface area contributed by atoms with E-state index in [1.54, 1.807) is 18.2 Å². The van der Waals surface area contributed by atoms with Gasteiger partial charge in [0.1, 0.15) is 5.75 Å². The molecule has 0 aliphatic heterocycles. The normalized spacial score (nSPS) is 13.4. The molecule has 2 rings (SSSR count). The molecule has 1 aromatic carbocycles. The Labute approximate surface area is 91.3 Å². The first-order chi connectivity index (χ1) is 7.70. The van der Waals surface area contributed by atoms with E-state index in [1.165, 1.54) is 0 Å². The number of nitrogens with one attached hydrogen (secondary N) is 1. The van der Waals surface area contributed by atoms with Crippen LogP contribution in [-0.4, -0.2) is 18.3 Å². The topological polar surface area (TPSA) is 55.4 Å². The van der Waals surface area contributed by atoms with Crippen LogP contribution in [0.2, 0.25) is 0 Å². The van der Waals surface area contributed by atoms with Gasteiger partial charge in [0.15, 0.2) is 12.4 Å². The fourth-order valence-corrected chi connectivity index (χ4v) is 1.70. The number of halogens is 1. The van der Waals surface area contributed by atoms with Gasteiger partial charge in [-0.25, -0.2) is 0 Å². The van der Waals surface area contributed by atoms with Crippen LogP contribution in [0.25, 0.3) is 0 Å². The van der Waals surface area contributed by atoms with Crippen LogP contribution in [0.5, 0.6) is 5.75 Å². The van der Waals surface area contributed by atoms with Gasteiger partial charge < -0.3 is 4.74 Å². The number of Topliss-reactive ketones (excluding diaryl/α,β-unsaturated/α-hetero) is 1. The van der Waals surface area contributed by atoms with E-state index in [-0.39, 0.29) is 12.4 Å². The first-order valence-corrected chi connectivity index (χ1v) is 4.89. The SMILES string of the molecule is O=C(COc1ccc2c(c1)CCC2=O)NF. The van der Waals surface area contributed by atoms with Gasteiger partial charge in [-0.2, -0.15) is 5.54 Å². The Bertz CT molecular complexity index is 445. The number of aryl methyl sites for hydroxylation is 1. The van der Waals surface area contributed by atoms with Gasteiger partial charge in [-0.3, -0.25) is 9.59 Å². The minimum Gasteiger partial charge on any atom is -0.484 e. The zero-order chi connectivity index (χ0) is 11.5. The van der Waals surface area contributed by atoms with E-state index in [0.717, 1.165) is 11.1 Å². The molecule has 0 atom stereocenters. The van der Waals surface area contributed by atoms with Crippen molar-refractivity contribution in [2.24, 2.45) is 0 Å². The van der Waals surface area contributed by atoms with Gasteiger partial charge in [0.05, 0.1) is 0 Å². The Kier molecular flexibility index (Phi) is 2.85. The molecule has 1 N–H and O–H groups in total.